The SMILES string of the molecule is CCOC(OCC)c1cn(Cc2nc(C(C)C)no2)nn1. The molecule has 0 spiro atoms. The van der Waals surface area contributed by atoms with Crippen molar-refractivity contribution in [2.45, 2.75) is 46.4 Å². The van der Waals surface area contributed by atoms with Gasteiger partial charge in [0.05, 0.1) is 6.20 Å². The third kappa shape index (κ3) is 4.08. The monoisotopic (exact) mass is 295 g/mol. The molecule has 8 heteroatoms. The first-order chi connectivity index (χ1) is 10.1. The predicted molar refractivity (Wildman–Crippen MR) is 73.5 cm³/mol. The van der Waals surface area contributed by atoms with Gasteiger partial charge in [-0.15, -0.1) is 5.10 Å². The van der Waals surface area contributed by atoms with Crippen LogP contribution in [0.2, 0.25) is 0 Å². The highest BCUT2D eigenvalue weighted by atomic mass is 16.7. The molecule has 2 aromatic heterocycles. The highest BCUT2D eigenvalue weighted by Crippen LogP contribution is 2.16. The lowest BCUT2D eigenvalue weighted by atomic mass is 10.2. The lowest BCUT2D eigenvalue weighted by molar-refractivity contribution is -0.142. The van der Waals surface area contributed by atoms with Gasteiger partial charge in [0.25, 0.3) is 0 Å². The van der Waals surface area contributed by atoms with E-state index in [0.29, 0.717) is 37.2 Å². The van der Waals surface area contributed by atoms with Crippen molar-refractivity contribution >= 4 is 0 Å². The van der Waals surface area contributed by atoms with Gasteiger partial charge >= 0.3 is 0 Å². The van der Waals surface area contributed by atoms with Crippen molar-refractivity contribution in [1.82, 2.24) is 25.1 Å². The summed E-state index contributed by atoms with van der Waals surface area (Å²) < 4.78 is 17.8. The first-order valence-corrected chi connectivity index (χ1v) is 7.09. The molecule has 0 radical (unpaired) electrons. The molecule has 2 aromatic rings. The second kappa shape index (κ2) is 7.28. The van der Waals surface area contributed by atoms with Crippen LogP contribution in [0.15, 0.2) is 10.7 Å². The molecule has 2 rings (SSSR count). The largest absolute Gasteiger partial charge is 0.347 e. The molecule has 0 aromatic carbocycles. The molecule has 0 atom stereocenters. The maximum atomic E-state index is 5.48. The lowest BCUT2D eigenvalue weighted by Crippen LogP contribution is -2.09. The molecule has 0 saturated heterocycles. The Morgan fingerprint density at radius 1 is 1.24 bits per heavy atom. The maximum Gasteiger partial charge on any atom is 0.248 e. The minimum absolute atomic E-state index is 0.231. The molecule has 0 fully saturated rings. The average molecular weight is 295 g/mol. The van der Waals surface area contributed by atoms with Gasteiger partial charge in [-0.1, -0.05) is 24.2 Å². The van der Waals surface area contributed by atoms with Crippen LogP contribution >= 0.6 is 0 Å². The van der Waals surface area contributed by atoms with Crippen LogP contribution in [0.25, 0.3) is 0 Å². The summed E-state index contributed by atoms with van der Waals surface area (Å²) in [6.45, 7) is 9.29. The second-order valence-corrected chi connectivity index (χ2v) is 4.78. The van der Waals surface area contributed by atoms with Gasteiger partial charge in [-0.05, 0) is 13.8 Å². The Bertz CT molecular complexity index is 546. The van der Waals surface area contributed by atoms with Crippen molar-refractivity contribution in [2.75, 3.05) is 13.2 Å². The van der Waals surface area contributed by atoms with E-state index in [4.69, 9.17) is 14.0 Å². The smallest absolute Gasteiger partial charge is 0.248 e. The quantitative estimate of drug-likeness (QED) is 0.687. The van der Waals surface area contributed by atoms with Crippen molar-refractivity contribution in [3.05, 3.63) is 23.6 Å². The van der Waals surface area contributed by atoms with Crippen LogP contribution in [-0.2, 0) is 16.0 Å². The van der Waals surface area contributed by atoms with Gasteiger partial charge in [-0.3, -0.25) is 0 Å². The normalized spacial score (nSPS) is 11.7. The molecule has 0 N–H and O–H groups in total. The molecule has 0 aliphatic carbocycles. The number of hydrogen-bond donors (Lipinski definition) is 0. The highest BCUT2D eigenvalue weighted by molar-refractivity contribution is 4.97. The summed E-state index contributed by atoms with van der Waals surface area (Å²) in [5.74, 6) is 1.42. The van der Waals surface area contributed by atoms with Gasteiger partial charge in [-0.25, -0.2) is 4.68 Å². The zero-order valence-electron chi connectivity index (χ0n) is 12.8. The Kier molecular flexibility index (Phi) is 5.40. The Morgan fingerprint density at radius 3 is 2.52 bits per heavy atom. The van der Waals surface area contributed by atoms with Crippen LogP contribution in [-0.4, -0.2) is 38.3 Å². The van der Waals surface area contributed by atoms with Crippen molar-refractivity contribution in [2.24, 2.45) is 0 Å². The summed E-state index contributed by atoms with van der Waals surface area (Å²) in [7, 11) is 0. The summed E-state index contributed by atoms with van der Waals surface area (Å²) in [6.07, 6.45) is 1.26. The van der Waals surface area contributed by atoms with Crippen LogP contribution in [0.5, 0.6) is 0 Å². The van der Waals surface area contributed by atoms with E-state index in [9.17, 15) is 0 Å². The summed E-state index contributed by atoms with van der Waals surface area (Å²) in [5.41, 5.74) is 0.627. The molecule has 0 aliphatic rings. The van der Waals surface area contributed by atoms with Gasteiger partial charge < -0.3 is 14.0 Å². The van der Waals surface area contributed by atoms with E-state index in [1.807, 2.05) is 27.7 Å². The Balaban J connectivity index is 2.04. The van der Waals surface area contributed by atoms with Gasteiger partial charge in [0.15, 0.2) is 5.82 Å². The predicted octanol–water partition coefficient (Wildman–Crippen LogP) is 1.90. The van der Waals surface area contributed by atoms with Gasteiger partial charge in [0.2, 0.25) is 12.2 Å². The van der Waals surface area contributed by atoms with Crippen LogP contribution < -0.4 is 0 Å². The zero-order valence-corrected chi connectivity index (χ0v) is 12.8. The molecular weight excluding hydrogens is 274 g/mol. The molecule has 0 amide bonds. The fraction of sp³-hybridized carbons (Fsp3) is 0.692. The van der Waals surface area contributed by atoms with E-state index in [1.54, 1.807) is 10.9 Å². The molecule has 8 nitrogen and oxygen atoms in total. The number of ether oxygens (including phenoxy) is 2. The molecule has 0 aliphatic heterocycles. The van der Waals surface area contributed by atoms with E-state index in [2.05, 4.69) is 20.5 Å². The maximum absolute atomic E-state index is 5.48. The third-order valence-corrected chi connectivity index (χ3v) is 2.73. The second-order valence-electron chi connectivity index (χ2n) is 4.78. The number of hydrogen-bond acceptors (Lipinski definition) is 7. The molecular formula is C13H21N5O3. The van der Waals surface area contributed by atoms with Crippen LogP contribution in [0, 0.1) is 0 Å². The lowest BCUT2D eigenvalue weighted by Gasteiger charge is -2.13. The minimum Gasteiger partial charge on any atom is -0.347 e. The van der Waals surface area contributed by atoms with Crippen molar-refractivity contribution in [1.29, 1.82) is 0 Å². The Labute approximate surface area is 123 Å². The summed E-state index contributed by atoms with van der Waals surface area (Å²) >= 11 is 0. The first-order valence-electron chi connectivity index (χ1n) is 7.09. The van der Waals surface area contributed by atoms with Crippen molar-refractivity contribution < 1.29 is 14.0 Å². The topological polar surface area (TPSA) is 88.1 Å². The van der Waals surface area contributed by atoms with Crippen molar-refractivity contribution in [3.63, 3.8) is 0 Å². The molecule has 0 unspecified atom stereocenters. The Morgan fingerprint density at radius 2 is 1.95 bits per heavy atom. The minimum atomic E-state index is -0.498. The van der Waals surface area contributed by atoms with Crippen LogP contribution in [0.3, 0.4) is 0 Å². The van der Waals surface area contributed by atoms with Gasteiger partial charge in [0, 0.05) is 19.1 Å². The number of nitrogens with zero attached hydrogens (tertiary/aromatic N) is 5. The zero-order chi connectivity index (χ0) is 15.2. The van der Waals surface area contributed by atoms with Crippen LogP contribution in [0.4, 0.5) is 0 Å². The van der Waals surface area contributed by atoms with Crippen LogP contribution in [0.1, 0.15) is 57.3 Å². The fourth-order valence-corrected chi connectivity index (χ4v) is 1.73. The molecule has 0 saturated carbocycles. The standard InChI is InChI=1S/C13H21N5O3/c1-5-19-13(20-6-2)10-7-18(17-15-10)8-11-14-12(9(3)4)16-21-11/h7,9,13H,5-6,8H2,1-4H3. The molecule has 2 heterocycles. The Hall–Kier alpha value is -1.80. The van der Waals surface area contributed by atoms with Crippen molar-refractivity contribution in [3.8, 4) is 0 Å². The summed E-state index contributed by atoms with van der Waals surface area (Å²) in [4.78, 5) is 4.30. The first kappa shape index (κ1) is 15.6. The van der Waals surface area contributed by atoms with E-state index >= 15 is 0 Å². The molecule has 21 heavy (non-hydrogen) atoms. The van der Waals surface area contributed by atoms with E-state index < -0.39 is 6.29 Å². The summed E-state index contributed by atoms with van der Waals surface area (Å²) in [6, 6.07) is 0. The molecule has 0 bridgehead atoms. The van der Waals surface area contributed by atoms with E-state index in [-0.39, 0.29) is 5.92 Å². The highest BCUT2D eigenvalue weighted by Gasteiger charge is 2.17. The summed E-state index contributed by atoms with van der Waals surface area (Å²) in [5, 5.41) is 12.0. The van der Waals surface area contributed by atoms with Gasteiger partial charge in [0.1, 0.15) is 12.2 Å². The number of rotatable bonds is 8. The molecule has 116 valence electrons. The number of aromatic nitrogens is 5. The fourth-order valence-electron chi connectivity index (χ4n) is 1.73. The average Bonchev–Trinajstić information content (AvgIpc) is 3.08. The third-order valence-electron chi connectivity index (χ3n) is 2.73. The van der Waals surface area contributed by atoms with Gasteiger partial charge in [-0.2, -0.15) is 4.98 Å². The van der Waals surface area contributed by atoms with E-state index in [0.717, 1.165) is 0 Å². The van der Waals surface area contributed by atoms with E-state index in [1.165, 1.54) is 0 Å².